The van der Waals surface area contributed by atoms with Gasteiger partial charge in [-0.3, -0.25) is 0 Å². The van der Waals surface area contributed by atoms with Crippen LogP contribution in [0.3, 0.4) is 0 Å². The summed E-state index contributed by atoms with van der Waals surface area (Å²) in [4.78, 5) is 0. The van der Waals surface area contributed by atoms with Gasteiger partial charge in [0.25, 0.3) is 0 Å². The average Bonchev–Trinajstić information content (AvgIpc) is 2.90. The van der Waals surface area contributed by atoms with Crippen molar-refractivity contribution < 1.29 is 8.78 Å². The molecule has 1 heterocycles. The van der Waals surface area contributed by atoms with Gasteiger partial charge >= 0.3 is 0 Å². The van der Waals surface area contributed by atoms with Crippen LogP contribution in [-0.2, 0) is 6.54 Å². The highest BCUT2D eigenvalue weighted by atomic mass is 19.1. The van der Waals surface area contributed by atoms with Gasteiger partial charge in [-0.1, -0.05) is 26.3 Å². The van der Waals surface area contributed by atoms with Gasteiger partial charge in [0.1, 0.15) is 11.6 Å². The lowest BCUT2D eigenvalue weighted by molar-refractivity contribution is 0.508. The second-order valence-electron chi connectivity index (χ2n) is 5.25. The molecule has 0 radical (unpaired) electrons. The Morgan fingerprint density at radius 1 is 1.19 bits per heavy atom. The molecule has 0 spiro atoms. The summed E-state index contributed by atoms with van der Waals surface area (Å²) in [6, 6.07) is 6.11. The van der Waals surface area contributed by atoms with Crippen molar-refractivity contribution in [2.24, 2.45) is 0 Å². The summed E-state index contributed by atoms with van der Waals surface area (Å²) in [5, 5.41) is 3.46. The molecular weight excluding hydrogens is 270 g/mol. The minimum Gasteiger partial charge on any atom is -0.349 e. The van der Waals surface area contributed by atoms with Crippen LogP contribution in [0.5, 0.6) is 0 Å². The smallest absolute Gasteiger partial charge is 0.131 e. The highest BCUT2D eigenvalue weighted by molar-refractivity contribution is 5.21. The van der Waals surface area contributed by atoms with Gasteiger partial charge in [0.05, 0.1) is 0 Å². The first-order valence-corrected chi connectivity index (χ1v) is 7.47. The van der Waals surface area contributed by atoms with Crippen molar-refractivity contribution in [2.45, 2.75) is 39.3 Å². The van der Waals surface area contributed by atoms with E-state index in [2.05, 4.69) is 25.2 Å². The van der Waals surface area contributed by atoms with E-state index in [0.717, 1.165) is 25.5 Å². The summed E-state index contributed by atoms with van der Waals surface area (Å²) in [6.45, 7) is 5.59. The maximum Gasteiger partial charge on any atom is 0.131 e. The van der Waals surface area contributed by atoms with E-state index in [1.807, 2.05) is 17.0 Å². The molecule has 1 unspecified atom stereocenters. The number of hydrogen-bond donors (Lipinski definition) is 1. The van der Waals surface area contributed by atoms with Crippen LogP contribution >= 0.6 is 0 Å². The van der Waals surface area contributed by atoms with Gasteiger partial charge in [0.2, 0.25) is 0 Å². The van der Waals surface area contributed by atoms with Gasteiger partial charge in [0, 0.05) is 36.6 Å². The molecule has 1 atom stereocenters. The van der Waals surface area contributed by atoms with Crippen LogP contribution in [0.15, 0.2) is 36.7 Å². The van der Waals surface area contributed by atoms with E-state index in [1.165, 1.54) is 17.7 Å². The zero-order valence-corrected chi connectivity index (χ0v) is 12.6. The van der Waals surface area contributed by atoms with Crippen LogP contribution in [0, 0.1) is 11.6 Å². The maximum absolute atomic E-state index is 13.7. The number of halogens is 2. The van der Waals surface area contributed by atoms with Crippen LogP contribution in [-0.4, -0.2) is 11.1 Å². The van der Waals surface area contributed by atoms with Crippen molar-refractivity contribution in [1.82, 2.24) is 9.88 Å². The molecule has 0 aliphatic rings. The molecule has 1 aromatic carbocycles. The van der Waals surface area contributed by atoms with E-state index in [9.17, 15) is 8.78 Å². The normalized spacial score (nSPS) is 12.6. The molecule has 1 aromatic heterocycles. The topological polar surface area (TPSA) is 17.0 Å². The third-order valence-electron chi connectivity index (χ3n) is 3.57. The molecule has 2 aromatic rings. The third-order valence-corrected chi connectivity index (χ3v) is 3.57. The minimum absolute atomic E-state index is 0.333. The molecule has 1 N–H and O–H groups in total. The Kier molecular flexibility index (Phi) is 5.51. The van der Waals surface area contributed by atoms with Crippen LogP contribution in [0.25, 0.3) is 0 Å². The van der Waals surface area contributed by atoms with Gasteiger partial charge in [-0.05, 0) is 30.7 Å². The lowest BCUT2D eigenvalue weighted by Crippen LogP contribution is -2.20. The molecule has 0 saturated heterocycles. The Hall–Kier alpha value is -1.68. The van der Waals surface area contributed by atoms with Crippen molar-refractivity contribution in [2.75, 3.05) is 6.54 Å². The molecule has 2 rings (SSSR count). The second-order valence-corrected chi connectivity index (χ2v) is 5.25. The Bertz CT molecular complexity index is 572. The number of hydrogen-bond acceptors (Lipinski definition) is 1. The molecule has 0 aliphatic carbocycles. The molecule has 4 heteroatoms. The molecule has 0 fully saturated rings. The van der Waals surface area contributed by atoms with Crippen LogP contribution in [0.4, 0.5) is 8.78 Å². The van der Waals surface area contributed by atoms with Gasteiger partial charge in [-0.2, -0.15) is 0 Å². The maximum atomic E-state index is 13.7. The van der Waals surface area contributed by atoms with Gasteiger partial charge in [0.15, 0.2) is 0 Å². The quantitative estimate of drug-likeness (QED) is 0.806. The number of nitrogens with zero attached hydrogens (tertiary/aromatic N) is 1. The SMILES string of the molecule is CCCC(NCC)c1ccn(Cc2ccc(F)cc2F)c1. The Labute approximate surface area is 124 Å². The van der Waals surface area contributed by atoms with E-state index in [4.69, 9.17) is 0 Å². The highest BCUT2D eigenvalue weighted by Crippen LogP contribution is 2.20. The molecule has 0 amide bonds. The van der Waals surface area contributed by atoms with Gasteiger partial charge < -0.3 is 9.88 Å². The molecule has 0 bridgehead atoms. The van der Waals surface area contributed by atoms with Crippen molar-refractivity contribution >= 4 is 0 Å². The summed E-state index contributed by atoms with van der Waals surface area (Å²) in [7, 11) is 0. The Balaban J connectivity index is 2.11. The largest absolute Gasteiger partial charge is 0.349 e. The van der Waals surface area contributed by atoms with E-state index in [1.54, 1.807) is 0 Å². The molecular formula is C17H22F2N2. The predicted molar refractivity (Wildman–Crippen MR) is 81.2 cm³/mol. The van der Waals surface area contributed by atoms with E-state index < -0.39 is 11.6 Å². The van der Waals surface area contributed by atoms with Crippen molar-refractivity contribution in [3.05, 3.63) is 59.4 Å². The molecule has 2 nitrogen and oxygen atoms in total. The van der Waals surface area contributed by atoms with E-state index in [-0.39, 0.29) is 0 Å². The lowest BCUT2D eigenvalue weighted by atomic mass is 10.1. The fraction of sp³-hybridized carbons (Fsp3) is 0.412. The van der Waals surface area contributed by atoms with Crippen molar-refractivity contribution in [3.8, 4) is 0 Å². The summed E-state index contributed by atoms with van der Waals surface area (Å²) < 4.78 is 28.5. The molecule has 0 aliphatic heterocycles. The average molecular weight is 292 g/mol. The summed E-state index contributed by atoms with van der Waals surface area (Å²) in [6.07, 6.45) is 6.15. The Morgan fingerprint density at radius 3 is 2.67 bits per heavy atom. The predicted octanol–water partition coefficient (Wildman–Crippen LogP) is 4.27. The second kappa shape index (κ2) is 7.36. The zero-order chi connectivity index (χ0) is 15.2. The van der Waals surface area contributed by atoms with Crippen LogP contribution in [0.2, 0.25) is 0 Å². The first kappa shape index (κ1) is 15.7. The fourth-order valence-corrected chi connectivity index (χ4v) is 2.53. The van der Waals surface area contributed by atoms with Gasteiger partial charge in [-0.25, -0.2) is 8.78 Å². The third kappa shape index (κ3) is 4.14. The van der Waals surface area contributed by atoms with Gasteiger partial charge in [-0.15, -0.1) is 0 Å². The van der Waals surface area contributed by atoms with E-state index in [0.29, 0.717) is 18.2 Å². The molecule has 114 valence electrons. The first-order valence-electron chi connectivity index (χ1n) is 7.47. The van der Waals surface area contributed by atoms with Crippen LogP contribution < -0.4 is 5.32 Å². The fourth-order valence-electron chi connectivity index (χ4n) is 2.53. The van der Waals surface area contributed by atoms with Crippen molar-refractivity contribution in [3.63, 3.8) is 0 Å². The number of benzene rings is 1. The lowest BCUT2D eigenvalue weighted by Gasteiger charge is -2.15. The first-order chi connectivity index (χ1) is 10.1. The van der Waals surface area contributed by atoms with Crippen molar-refractivity contribution in [1.29, 1.82) is 0 Å². The molecule has 0 saturated carbocycles. The summed E-state index contributed by atoms with van der Waals surface area (Å²) >= 11 is 0. The zero-order valence-electron chi connectivity index (χ0n) is 12.6. The summed E-state index contributed by atoms with van der Waals surface area (Å²) in [5.41, 5.74) is 1.70. The van der Waals surface area contributed by atoms with E-state index >= 15 is 0 Å². The number of rotatable bonds is 7. The highest BCUT2D eigenvalue weighted by Gasteiger charge is 2.11. The summed E-state index contributed by atoms with van der Waals surface area (Å²) in [5.74, 6) is -1.04. The minimum atomic E-state index is -0.542. The monoisotopic (exact) mass is 292 g/mol. The van der Waals surface area contributed by atoms with Crippen LogP contribution in [0.1, 0.15) is 43.9 Å². The number of aromatic nitrogens is 1. The molecule has 21 heavy (non-hydrogen) atoms. The number of nitrogens with one attached hydrogen (secondary N) is 1. The Morgan fingerprint density at radius 2 is 2.00 bits per heavy atom. The standard InChI is InChI=1S/C17H22F2N2/c1-3-5-17(20-4-2)14-8-9-21(12-14)11-13-6-7-15(18)10-16(13)19/h6-10,12,17,20H,3-5,11H2,1-2H3.